The van der Waals surface area contributed by atoms with Gasteiger partial charge in [0, 0.05) is 0 Å². The fraction of sp³-hybridized carbons (Fsp3) is 0.111. The second-order valence-corrected chi connectivity index (χ2v) is 2.83. The zero-order chi connectivity index (χ0) is 8.10. The molecule has 0 aliphatic heterocycles. The normalized spacial score (nSPS) is 10.7. The fourth-order valence-electron chi connectivity index (χ4n) is 0.721. The van der Waals surface area contributed by atoms with Gasteiger partial charge in [0.1, 0.15) is 5.82 Å². The highest BCUT2D eigenvalue weighted by Gasteiger charge is 1.87. The first-order valence-electron chi connectivity index (χ1n) is 3.28. The molecule has 0 aromatic heterocycles. The Hall–Kier alpha value is -0.760. The van der Waals surface area contributed by atoms with Crippen LogP contribution in [0.15, 0.2) is 29.7 Å². The number of rotatable bonds is 2. The summed E-state index contributed by atoms with van der Waals surface area (Å²) in [6.07, 6.45) is 3.93. The molecule has 0 unspecified atom stereocenters. The zero-order valence-corrected chi connectivity index (χ0v) is 7.07. The molecule has 0 spiro atoms. The number of halogens is 1. The third-order valence-corrected chi connectivity index (χ3v) is 1.67. The highest BCUT2D eigenvalue weighted by Crippen LogP contribution is 2.06. The van der Waals surface area contributed by atoms with Crippen LogP contribution in [0.5, 0.6) is 0 Å². The van der Waals surface area contributed by atoms with Crippen LogP contribution in [0, 0.1) is 5.82 Å². The summed E-state index contributed by atoms with van der Waals surface area (Å²) in [6, 6.07) is 6.42. The van der Waals surface area contributed by atoms with Crippen molar-refractivity contribution in [3.63, 3.8) is 0 Å². The maximum Gasteiger partial charge on any atom is 0.123 e. The average molecular weight is 168 g/mol. The quantitative estimate of drug-likeness (QED) is 0.653. The van der Waals surface area contributed by atoms with Crippen LogP contribution in [0.4, 0.5) is 4.39 Å². The third kappa shape index (κ3) is 2.76. The molecule has 58 valence electrons. The first-order chi connectivity index (χ1) is 5.33. The Kier molecular flexibility index (Phi) is 3.17. The monoisotopic (exact) mass is 168 g/mol. The van der Waals surface area contributed by atoms with Crippen molar-refractivity contribution in [2.45, 2.75) is 0 Å². The molecule has 0 nitrogen and oxygen atoms in total. The largest absolute Gasteiger partial charge is 0.207 e. The Balaban J connectivity index is 2.73. The standard InChI is InChI=1S/C9H9FS/c1-11-7-6-8-2-4-9(10)5-3-8/h2-7H,1H3. The van der Waals surface area contributed by atoms with Gasteiger partial charge in [-0.1, -0.05) is 12.1 Å². The van der Waals surface area contributed by atoms with Crippen molar-refractivity contribution >= 4 is 17.8 Å². The summed E-state index contributed by atoms with van der Waals surface area (Å²) in [5, 5.41) is 1.97. The minimum atomic E-state index is -0.189. The summed E-state index contributed by atoms with van der Waals surface area (Å²) in [4.78, 5) is 0. The smallest absolute Gasteiger partial charge is 0.123 e. The minimum absolute atomic E-state index is 0.189. The van der Waals surface area contributed by atoms with Gasteiger partial charge in [0.25, 0.3) is 0 Å². The molecule has 0 saturated carbocycles. The Bertz CT molecular complexity index is 238. The van der Waals surface area contributed by atoms with Crippen LogP contribution in [-0.4, -0.2) is 6.26 Å². The average Bonchev–Trinajstić information content (AvgIpc) is 2.04. The van der Waals surface area contributed by atoms with Gasteiger partial charge in [-0.25, -0.2) is 4.39 Å². The summed E-state index contributed by atoms with van der Waals surface area (Å²) in [7, 11) is 0. The molecule has 2 heteroatoms. The van der Waals surface area contributed by atoms with Gasteiger partial charge in [-0.05, 0) is 35.4 Å². The molecule has 0 heterocycles. The van der Waals surface area contributed by atoms with Crippen molar-refractivity contribution in [3.8, 4) is 0 Å². The Morgan fingerprint density at radius 3 is 2.45 bits per heavy atom. The number of hydrogen-bond donors (Lipinski definition) is 0. The summed E-state index contributed by atoms with van der Waals surface area (Å²) in [5.74, 6) is -0.189. The van der Waals surface area contributed by atoms with Crippen LogP contribution in [0.3, 0.4) is 0 Å². The maximum absolute atomic E-state index is 12.4. The third-order valence-electron chi connectivity index (χ3n) is 1.27. The zero-order valence-electron chi connectivity index (χ0n) is 6.25. The molecule has 0 amide bonds. The van der Waals surface area contributed by atoms with E-state index in [1.165, 1.54) is 12.1 Å². The summed E-state index contributed by atoms with van der Waals surface area (Å²) in [6.45, 7) is 0. The van der Waals surface area contributed by atoms with E-state index in [0.717, 1.165) is 5.56 Å². The van der Waals surface area contributed by atoms with E-state index in [0.29, 0.717) is 0 Å². The van der Waals surface area contributed by atoms with E-state index in [4.69, 9.17) is 0 Å². The molecule has 1 aromatic rings. The minimum Gasteiger partial charge on any atom is -0.207 e. The fourth-order valence-corrected chi connectivity index (χ4v) is 1.01. The number of benzene rings is 1. The van der Waals surface area contributed by atoms with Crippen LogP contribution < -0.4 is 0 Å². The second kappa shape index (κ2) is 4.19. The first kappa shape index (κ1) is 8.34. The summed E-state index contributed by atoms with van der Waals surface area (Å²) >= 11 is 1.63. The van der Waals surface area contributed by atoms with Crippen molar-refractivity contribution in [2.75, 3.05) is 6.26 Å². The van der Waals surface area contributed by atoms with Crippen molar-refractivity contribution in [2.24, 2.45) is 0 Å². The second-order valence-electron chi connectivity index (χ2n) is 2.09. The van der Waals surface area contributed by atoms with E-state index < -0.39 is 0 Å². The summed E-state index contributed by atoms with van der Waals surface area (Å²) in [5.41, 5.74) is 1.03. The van der Waals surface area contributed by atoms with Gasteiger partial charge >= 0.3 is 0 Å². The molecular weight excluding hydrogens is 159 g/mol. The van der Waals surface area contributed by atoms with Gasteiger partial charge in [0.2, 0.25) is 0 Å². The Labute approximate surface area is 70.1 Å². The molecule has 0 fully saturated rings. The molecule has 0 radical (unpaired) electrons. The molecule has 0 atom stereocenters. The lowest BCUT2D eigenvalue weighted by molar-refractivity contribution is 0.628. The van der Waals surface area contributed by atoms with Crippen LogP contribution in [0.2, 0.25) is 0 Å². The lowest BCUT2D eigenvalue weighted by Crippen LogP contribution is -1.72. The lowest BCUT2D eigenvalue weighted by atomic mass is 10.2. The molecule has 0 N–H and O–H groups in total. The van der Waals surface area contributed by atoms with Gasteiger partial charge in [0.15, 0.2) is 0 Å². The highest BCUT2D eigenvalue weighted by molar-refractivity contribution is 8.01. The Morgan fingerprint density at radius 2 is 1.91 bits per heavy atom. The van der Waals surface area contributed by atoms with E-state index in [-0.39, 0.29) is 5.82 Å². The van der Waals surface area contributed by atoms with Gasteiger partial charge in [-0.2, -0.15) is 0 Å². The van der Waals surface area contributed by atoms with Crippen molar-refractivity contribution in [3.05, 3.63) is 41.1 Å². The van der Waals surface area contributed by atoms with Gasteiger partial charge in [-0.3, -0.25) is 0 Å². The number of hydrogen-bond acceptors (Lipinski definition) is 1. The van der Waals surface area contributed by atoms with Crippen LogP contribution in [0.25, 0.3) is 6.08 Å². The van der Waals surface area contributed by atoms with Crippen LogP contribution in [0.1, 0.15) is 5.56 Å². The molecule has 0 bridgehead atoms. The molecule has 1 rings (SSSR count). The predicted octanol–water partition coefficient (Wildman–Crippen LogP) is 3.16. The lowest BCUT2D eigenvalue weighted by Gasteiger charge is -1.90. The van der Waals surface area contributed by atoms with E-state index in [9.17, 15) is 4.39 Å². The van der Waals surface area contributed by atoms with Crippen LogP contribution in [-0.2, 0) is 0 Å². The van der Waals surface area contributed by atoms with Gasteiger partial charge in [0.05, 0.1) is 0 Å². The first-order valence-corrected chi connectivity index (χ1v) is 4.56. The predicted molar refractivity (Wildman–Crippen MR) is 48.9 cm³/mol. The Morgan fingerprint density at radius 1 is 1.27 bits per heavy atom. The molecule has 0 aliphatic carbocycles. The molecule has 11 heavy (non-hydrogen) atoms. The van der Waals surface area contributed by atoms with Crippen molar-refractivity contribution < 1.29 is 4.39 Å². The van der Waals surface area contributed by atoms with Gasteiger partial charge in [-0.15, -0.1) is 11.8 Å². The van der Waals surface area contributed by atoms with Crippen molar-refractivity contribution in [1.29, 1.82) is 0 Å². The maximum atomic E-state index is 12.4. The van der Waals surface area contributed by atoms with E-state index in [2.05, 4.69) is 0 Å². The summed E-state index contributed by atoms with van der Waals surface area (Å²) < 4.78 is 12.4. The SMILES string of the molecule is CSC=Cc1ccc(F)cc1. The highest BCUT2D eigenvalue weighted by atomic mass is 32.2. The molecule has 0 saturated heterocycles. The molecular formula is C9H9FS. The number of thioether (sulfide) groups is 1. The van der Waals surface area contributed by atoms with E-state index >= 15 is 0 Å². The molecule has 1 aromatic carbocycles. The van der Waals surface area contributed by atoms with E-state index in [1.54, 1.807) is 23.9 Å². The van der Waals surface area contributed by atoms with Crippen molar-refractivity contribution in [1.82, 2.24) is 0 Å². The van der Waals surface area contributed by atoms with Gasteiger partial charge < -0.3 is 0 Å². The van der Waals surface area contributed by atoms with E-state index in [1.807, 2.05) is 17.7 Å². The molecule has 0 aliphatic rings. The topological polar surface area (TPSA) is 0 Å². The van der Waals surface area contributed by atoms with Crippen LogP contribution >= 0.6 is 11.8 Å².